The Kier molecular flexibility index (Phi) is 11.8. The predicted molar refractivity (Wildman–Crippen MR) is 204 cm³/mol. The number of halogens is 2. The van der Waals surface area contributed by atoms with E-state index < -0.39 is 25.8 Å². The Balaban J connectivity index is 0.00000216. The van der Waals surface area contributed by atoms with Crippen molar-refractivity contribution in [2.24, 2.45) is 0 Å². The maximum Gasteiger partial charge on any atom is -1.00 e. The molecule has 2 unspecified atom stereocenters. The van der Waals surface area contributed by atoms with E-state index in [1.165, 1.54) is 33.4 Å². The van der Waals surface area contributed by atoms with E-state index in [9.17, 15) is 0 Å². The Morgan fingerprint density at radius 3 is 1.16 bits per heavy atom. The van der Waals surface area contributed by atoms with Gasteiger partial charge in [0.15, 0.2) is 0 Å². The summed E-state index contributed by atoms with van der Waals surface area (Å²) in [6.07, 6.45) is 7.41. The minimum Gasteiger partial charge on any atom is -1.00 e. The molecule has 4 heteroatoms. The van der Waals surface area contributed by atoms with Gasteiger partial charge in [0, 0.05) is 0 Å². The molecular formula is C46H40Cl2SiZr. The van der Waals surface area contributed by atoms with Gasteiger partial charge in [0.1, 0.15) is 0 Å². The molecule has 2 aliphatic rings. The SMILES string of the molecule is CCC1=Cc2c(-c3ccccc3)cccc2[CH]1[Zr+2]([CH]1C(CC)=Cc2c(-c3ccccc3)cccc21)=[Si](c1ccccc1)c1ccccc1.[Cl-].[Cl-]. The third kappa shape index (κ3) is 6.65. The van der Waals surface area contributed by atoms with Gasteiger partial charge in [-0.25, -0.2) is 0 Å². The third-order valence-corrected chi connectivity index (χ3v) is 31.1. The van der Waals surface area contributed by atoms with Crippen molar-refractivity contribution in [3.05, 3.63) is 191 Å². The largest absolute Gasteiger partial charge is 1.00 e. The molecule has 0 nitrogen and oxygen atoms in total. The van der Waals surface area contributed by atoms with E-state index in [-0.39, 0.29) is 24.8 Å². The molecule has 6 aromatic carbocycles. The molecular weight excluding hydrogens is 743 g/mol. The average molecular weight is 783 g/mol. The summed E-state index contributed by atoms with van der Waals surface area (Å²) < 4.78 is 1.02. The fourth-order valence-electron chi connectivity index (χ4n) is 8.18. The summed E-state index contributed by atoms with van der Waals surface area (Å²) in [5.41, 5.74) is 13.7. The van der Waals surface area contributed by atoms with Crippen LogP contribution in [0.15, 0.2) is 169 Å². The molecule has 246 valence electrons. The summed E-state index contributed by atoms with van der Waals surface area (Å²) in [6, 6.07) is 59.8. The van der Waals surface area contributed by atoms with Crippen molar-refractivity contribution in [3.8, 4) is 22.3 Å². The topological polar surface area (TPSA) is 0 Å². The number of allylic oxidation sites excluding steroid dienone is 2. The van der Waals surface area contributed by atoms with E-state index in [4.69, 9.17) is 0 Å². The van der Waals surface area contributed by atoms with E-state index in [1.54, 1.807) is 32.6 Å². The smallest absolute Gasteiger partial charge is 1.00 e. The summed E-state index contributed by atoms with van der Waals surface area (Å²) in [6.45, 7) is 4.80. The molecule has 2 aliphatic carbocycles. The normalized spacial score (nSPS) is 15.3. The summed E-state index contributed by atoms with van der Waals surface area (Å²) >= 11 is -2.70. The van der Waals surface area contributed by atoms with E-state index in [2.05, 4.69) is 184 Å². The Labute approximate surface area is 318 Å². The molecule has 0 saturated carbocycles. The van der Waals surface area contributed by atoms with Crippen molar-refractivity contribution in [3.63, 3.8) is 0 Å². The van der Waals surface area contributed by atoms with Crippen LogP contribution in [0.25, 0.3) is 34.4 Å². The molecule has 0 amide bonds. The van der Waals surface area contributed by atoms with Gasteiger partial charge in [0.2, 0.25) is 0 Å². The molecule has 0 saturated heterocycles. The number of fused-ring (bicyclic) bond motifs is 2. The van der Waals surface area contributed by atoms with Gasteiger partial charge in [-0.2, -0.15) is 0 Å². The first kappa shape index (κ1) is 36.3. The van der Waals surface area contributed by atoms with Crippen LogP contribution in [0.5, 0.6) is 0 Å². The standard InChI is InChI=1S/2C17H15.C12H10Si.2ClH.Zr/c2*1-2-13-11-15-9-6-10-16(17(15)12-13)14-7-4-3-5-8-14;1-3-7-11(8-4-1)13-12-9-5-2-6-10-12;;;/h2*3-12H,2H2,1H3;1-10H;2*1H;/q;;;;;+2/p-2. The van der Waals surface area contributed by atoms with Crippen LogP contribution < -0.4 is 35.2 Å². The molecule has 0 bridgehead atoms. The molecule has 6 aromatic rings. The first-order valence-electron chi connectivity index (χ1n) is 17.4. The van der Waals surface area contributed by atoms with Crippen LogP contribution in [0.4, 0.5) is 0 Å². The van der Waals surface area contributed by atoms with E-state index >= 15 is 0 Å². The second-order valence-corrected chi connectivity index (χ2v) is 27.0. The monoisotopic (exact) mass is 780 g/mol. The van der Waals surface area contributed by atoms with Gasteiger partial charge in [0.25, 0.3) is 0 Å². The van der Waals surface area contributed by atoms with E-state index in [0.29, 0.717) is 7.25 Å². The Bertz CT molecular complexity index is 2030. The zero-order chi connectivity index (χ0) is 32.5. The van der Waals surface area contributed by atoms with Crippen LogP contribution in [-0.2, 0) is 20.4 Å². The van der Waals surface area contributed by atoms with Crippen molar-refractivity contribution in [2.75, 3.05) is 0 Å². The first-order chi connectivity index (χ1) is 23.8. The summed E-state index contributed by atoms with van der Waals surface area (Å²) in [4.78, 5) is 0. The molecule has 0 aromatic heterocycles. The zero-order valence-electron chi connectivity index (χ0n) is 28.5. The maximum atomic E-state index is 2.62. The molecule has 0 N–H and O–H groups in total. The van der Waals surface area contributed by atoms with Crippen molar-refractivity contribution >= 4 is 28.0 Å². The van der Waals surface area contributed by atoms with Gasteiger partial charge in [0.05, 0.1) is 0 Å². The Morgan fingerprint density at radius 2 is 0.800 bits per heavy atom. The average Bonchev–Trinajstić information content (AvgIpc) is 3.73. The molecule has 0 fully saturated rings. The zero-order valence-corrected chi connectivity index (χ0v) is 33.5. The fraction of sp³-hybridized carbons (Fsp3) is 0.130. The second kappa shape index (κ2) is 16.2. The molecule has 50 heavy (non-hydrogen) atoms. The minimum atomic E-state index is -2.70. The Hall–Kier alpha value is -3.52. The van der Waals surface area contributed by atoms with Crippen LogP contribution >= 0.6 is 0 Å². The summed E-state index contributed by atoms with van der Waals surface area (Å²) in [7, 11) is 0. The van der Waals surface area contributed by atoms with E-state index in [1.807, 2.05) is 0 Å². The predicted octanol–water partition coefficient (Wildman–Crippen LogP) is 4.85. The van der Waals surface area contributed by atoms with Crippen molar-refractivity contribution in [1.29, 1.82) is 0 Å². The summed E-state index contributed by atoms with van der Waals surface area (Å²) in [5.74, 6) is 0. The number of rotatable bonds is 8. The van der Waals surface area contributed by atoms with Crippen molar-refractivity contribution in [1.82, 2.24) is 0 Å². The van der Waals surface area contributed by atoms with Gasteiger partial charge in [-0.15, -0.1) is 0 Å². The molecule has 0 aliphatic heterocycles. The van der Waals surface area contributed by atoms with Crippen LogP contribution in [-0.4, -0.2) is 5.43 Å². The summed E-state index contributed by atoms with van der Waals surface area (Å²) in [5, 5.41) is 3.16. The maximum absolute atomic E-state index is 2.70. The van der Waals surface area contributed by atoms with Crippen molar-refractivity contribution in [2.45, 2.75) is 33.9 Å². The number of hydrogen-bond acceptors (Lipinski definition) is 0. The van der Waals surface area contributed by atoms with Gasteiger partial charge < -0.3 is 24.8 Å². The molecule has 0 heterocycles. The minimum absolute atomic E-state index is 0. The molecule has 0 spiro atoms. The van der Waals surface area contributed by atoms with Crippen molar-refractivity contribution < 1.29 is 45.2 Å². The second-order valence-electron chi connectivity index (χ2n) is 12.9. The molecule has 2 atom stereocenters. The first-order valence-corrected chi connectivity index (χ1v) is 25.4. The van der Waals surface area contributed by atoms with Crippen LogP contribution in [0.2, 0.25) is 0 Å². The Morgan fingerprint density at radius 1 is 0.440 bits per heavy atom. The van der Waals surface area contributed by atoms with E-state index in [0.717, 1.165) is 12.8 Å². The van der Waals surface area contributed by atoms with Gasteiger partial charge in [-0.1, -0.05) is 0 Å². The van der Waals surface area contributed by atoms with Gasteiger partial charge >= 0.3 is 296 Å². The van der Waals surface area contributed by atoms with Crippen LogP contribution in [0, 0.1) is 0 Å². The van der Waals surface area contributed by atoms with Gasteiger partial charge in [-0.3, -0.25) is 0 Å². The molecule has 8 rings (SSSR count). The molecule has 0 radical (unpaired) electrons. The number of hydrogen-bond donors (Lipinski definition) is 0. The van der Waals surface area contributed by atoms with Crippen LogP contribution in [0.3, 0.4) is 0 Å². The third-order valence-electron chi connectivity index (χ3n) is 10.3. The van der Waals surface area contributed by atoms with Crippen LogP contribution in [0.1, 0.15) is 56.2 Å². The fourth-order valence-corrected chi connectivity index (χ4v) is 33.6. The number of benzene rings is 6. The quantitative estimate of drug-likeness (QED) is 0.194. The van der Waals surface area contributed by atoms with Gasteiger partial charge in [-0.05, 0) is 0 Å².